The molecular weight excluding hydrogens is 210 g/mol. The van der Waals surface area contributed by atoms with Crippen molar-refractivity contribution in [1.82, 2.24) is 5.32 Å². The number of fused-ring (bicyclic) bond motifs is 1. The zero-order valence-corrected chi connectivity index (χ0v) is 10.3. The second kappa shape index (κ2) is 4.19. The summed E-state index contributed by atoms with van der Waals surface area (Å²) in [5.74, 6) is 0. The summed E-state index contributed by atoms with van der Waals surface area (Å²) in [6.07, 6.45) is 7.12. The van der Waals surface area contributed by atoms with Crippen LogP contribution in [-0.4, -0.2) is 5.54 Å². The van der Waals surface area contributed by atoms with Gasteiger partial charge in [0.1, 0.15) is 5.58 Å². The molecule has 2 heteroatoms. The molecule has 0 bridgehead atoms. The van der Waals surface area contributed by atoms with E-state index in [1.807, 2.05) is 18.4 Å². The average Bonchev–Trinajstić information content (AvgIpc) is 2.72. The number of furan rings is 1. The van der Waals surface area contributed by atoms with Gasteiger partial charge in [0, 0.05) is 23.0 Å². The molecule has 2 aromatic rings. The highest BCUT2D eigenvalue weighted by molar-refractivity contribution is 5.80. The monoisotopic (exact) mass is 229 g/mol. The maximum Gasteiger partial charge on any atom is 0.134 e. The van der Waals surface area contributed by atoms with E-state index in [1.165, 1.54) is 36.6 Å². The van der Waals surface area contributed by atoms with Crippen LogP contribution in [0.5, 0.6) is 0 Å². The van der Waals surface area contributed by atoms with Gasteiger partial charge in [-0.3, -0.25) is 0 Å². The zero-order chi connectivity index (χ0) is 11.7. The Balaban J connectivity index is 1.77. The molecule has 1 N–H and O–H groups in total. The molecule has 0 spiro atoms. The average molecular weight is 229 g/mol. The van der Waals surface area contributed by atoms with Gasteiger partial charge in [-0.1, -0.05) is 25.1 Å². The summed E-state index contributed by atoms with van der Waals surface area (Å²) in [6.45, 7) is 3.20. The van der Waals surface area contributed by atoms with E-state index in [0.29, 0.717) is 5.54 Å². The molecule has 1 aliphatic rings. The first-order chi connectivity index (χ1) is 8.33. The van der Waals surface area contributed by atoms with Gasteiger partial charge in [0.15, 0.2) is 0 Å². The lowest BCUT2D eigenvalue weighted by molar-refractivity contribution is 0.175. The molecule has 1 aliphatic carbocycles. The van der Waals surface area contributed by atoms with E-state index in [-0.39, 0.29) is 0 Å². The van der Waals surface area contributed by atoms with Gasteiger partial charge in [0.05, 0.1) is 6.26 Å². The molecule has 1 fully saturated rings. The predicted molar refractivity (Wildman–Crippen MR) is 69.9 cm³/mol. The highest BCUT2D eigenvalue weighted by Crippen LogP contribution is 2.35. The Kier molecular flexibility index (Phi) is 2.67. The predicted octanol–water partition coefficient (Wildman–Crippen LogP) is 3.86. The highest BCUT2D eigenvalue weighted by Gasteiger charge is 2.34. The molecule has 90 valence electrons. The van der Waals surface area contributed by atoms with Crippen molar-refractivity contribution in [3.05, 3.63) is 36.1 Å². The third kappa shape index (κ3) is 1.87. The maximum atomic E-state index is 5.56. The standard InChI is InChI=1S/C15H19NO/c1-2-15(8-5-9-15)16-10-12-11-17-14-7-4-3-6-13(12)14/h3-4,6-7,11,16H,2,5,8-10H2,1H3. The van der Waals surface area contributed by atoms with E-state index in [1.54, 1.807) is 0 Å². The Morgan fingerprint density at radius 1 is 1.29 bits per heavy atom. The van der Waals surface area contributed by atoms with Crippen LogP contribution in [0.3, 0.4) is 0 Å². The minimum atomic E-state index is 0.401. The lowest BCUT2D eigenvalue weighted by atomic mass is 9.75. The lowest BCUT2D eigenvalue weighted by Crippen LogP contribution is -2.49. The van der Waals surface area contributed by atoms with Crippen LogP contribution < -0.4 is 5.32 Å². The molecule has 0 radical (unpaired) electrons. The molecule has 0 saturated heterocycles. The summed E-state index contributed by atoms with van der Waals surface area (Å²) < 4.78 is 5.56. The van der Waals surface area contributed by atoms with E-state index in [9.17, 15) is 0 Å². The zero-order valence-electron chi connectivity index (χ0n) is 10.3. The third-order valence-corrected chi connectivity index (χ3v) is 4.20. The third-order valence-electron chi connectivity index (χ3n) is 4.20. The summed E-state index contributed by atoms with van der Waals surface area (Å²) >= 11 is 0. The van der Waals surface area contributed by atoms with Crippen LogP contribution >= 0.6 is 0 Å². The number of hydrogen-bond donors (Lipinski definition) is 1. The topological polar surface area (TPSA) is 25.2 Å². The van der Waals surface area contributed by atoms with Crippen molar-refractivity contribution in [2.75, 3.05) is 0 Å². The summed E-state index contributed by atoms with van der Waals surface area (Å²) in [5.41, 5.74) is 2.67. The largest absolute Gasteiger partial charge is 0.464 e. The van der Waals surface area contributed by atoms with Crippen LogP contribution in [0.25, 0.3) is 11.0 Å². The van der Waals surface area contributed by atoms with Crippen LogP contribution in [0.2, 0.25) is 0 Å². The van der Waals surface area contributed by atoms with Crippen molar-refractivity contribution in [2.24, 2.45) is 0 Å². The normalized spacial score (nSPS) is 18.2. The summed E-state index contributed by atoms with van der Waals surface area (Å²) in [6, 6.07) is 8.25. The van der Waals surface area contributed by atoms with Crippen molar-refractivity contribution in [2.45, 2.75) is 44.7 Å². The van der Waals surface area contributed by atoms with Gasteiger partial charge in [0.2, 0.25) is 0 Å². The maximum absolute atomic E-state index is 5.56. The summed E-state index contributed by atoms with van der Waals surface area (Å²) in [7, 11) is 0. The Labute approximate surface area is 102 Å². The van der Waals surface area contributed by atoms with Crippen LogP contribution in [0.4, 0.5) is 0 Å². The SMILES string of the molecule is CCC1(NCc2coc3ccccc23)CCC1. The minimum absolute atomic E-state index is 0.401. The second-order valence-corrected chi connectivity index (χ2v) is 5.10. The molecule has 1 heterocycles. The molecule has 0 atom stereocenters. The van der Waals surface area contributed by atoms with Gasteiger partial charge in [-0.05, 0) is 31.7 Å². The van der Waals surface area contributed by atoms with Crippen molar-refractivity contribution in [3.63, 3.8) is 0 Å². The summed E-state index contributed by atoms with van der Waals surface area (Å²) in [5, 5.41) is 4.96. The Bertz CT molecular complexity index is 505. The van der Waals surface area contributed by atoms with Gasteiger partial charge in [-0.2, -0.15) is 0 Å². The van der Waals surface area contributed by atoms with Gasteiger partial charge in [-0.15, -0.1) is 0 Å². The van der Waals surface area contributed by atoms with E-state index in [0.717, 1.165) is 12.1 Å². The van der Waals surface area contributed by atoms with Crippen molar-refractivity contribution in [1.29, 1.82) is 0 Å². The fourth-order valence-electron chi connectivity index (χ4n) is 2.71. The van der Waals surface area contributed by atoms with Crippen molar-refractivity contribution >= 4 is 11.0 Å². The molecule has 0 amide bonds. The molecule has 17 heavy (non-hydrogen) atoms. The van der Waals surface area contributed by atoms with Gasteiger partial charge in [-0.25, -0.2) is 0 Å². The smallest absolute Gasteiger partial charge is 0.134 e. The second-order valence-electron chi connectivity index (χ2n) is 5.10. The van der Waals surface area contributed by atoms with Crippen molar-refractivity contribution in [3.8, 4) is 0 Å². The van der Waals surface area contributed by atoms with E-state index < -0.39 is 0 Å². The Morgan fingerprint density at radius 3 is 2.82 bits per heavy atom. The number of benzene rings is 1. The minimum Gasteiger partial charge on any atom is -0.464 e. The van der Waals surface area contributed by atoms with Crippen LogP contribution in [0, 0.1) is 0 Å². The fraction of sp³-hybridized carbons (Fsp3) is 0.467. The first kappa shape index (κ1) is 10.8. The molecule has 1 saturated carbocycles. The molecule has 0 unspecified atom stereocenters. The number of nitrogens with one attached hydrogen (secondary N) is 1. The van der Waals surface area contributed by atoms with Crippen LogP contribution in [0.15, 0.2) is 34.9 Å². The van der Waals surface area contributed by atoms with Gasteiger partial charge in [0.25, 0.3) is 0 Å². The lowest BCUT2D eigenvalue weighted by Gasteiger charge is -2.42. The van der Waals surface area contributed by atoms with E-state index in [2.05, 4.69) is 24.4 Å². The molecular formula is C15H19NO. The number of hydrogen-bond acceptors (Lipinski definition) is 2. The molecule has 0 aliphatic heterocycles. The first-order valence-corrected chi connectivity index (χ1v) is 6.53. The summed E-state index contributed by atoms with van der Waals surface area (Å²) in [4.78, 5) is 0. The molecule has 1 aromatic carbocycles. The number of rotatable bonds is 4. The molecule has 3 rings (SSSR count). The highest BCUT2D eigenvalue weighted by atomic mass is 16.3. The van der Waals surface area contributed by atoms with Crippen molar-refractivity contribution < 1.29 is 4.42 Å². The quantitative estimate of drug-likeness (QED) is 0.861. The molecule has 2 nitrogen and oxygen atoms in total. The van der Waals surface area contributed by atoms with Crippen LogP contribution in [0.1, 0.15) is 38.2 Å². The number of para-hydroxylation sites is 1. The van der Waals surface area contributed by atoms with E-state index in [4.69, 9.17) is 4.42 Å². The van der Waals surface area contributed by atoms with E-state index >= 15 is 0 Å². The van der Waals surface area contributed by atoms with Gasteiger partial charge >= 0.3 is 0 Å². The Hall–Kier alpha value is -1.28. The fourth-order valence-corrected chi connectivity index (χ4v) is 2.71. The Morgan fingerprint density at radius 2 is 2.12 bits per heavy atom. The molecule has 1 aromatic heterocycles. The van der Waals surface area contributed by atoms with Crippen LogP contribution in [-0.2, 0) is 6.54 Å². The van der Waals surface area contributed by atoms with Gasteiger partial charge < -0.3 is 9.73 Å². The first-order valence-electron chi connectivity index (χ1n) is 6.53.